The average molecular weight is 114 g/mol. The van der Waals surface area contributed by atoms with Crippen LogP contribution in [0.25, 0.3) is 0 Å². The van der Waals surface area contributed by atoms with Gasteiger partial charge in [0.1, 0.15) is 0 Å². The molecule has 0 aromatic heterocycles. The standard InChI is InChI=1S/C6H12NO/c1-3-6(2)4-5-7(6)8/h3-5H2,1-2H3/q+1. The van der Waals surface area contributed by atoms with E-state index in [1.54, 1.807) is 0 Å². The van der Waals surface area contributed by atoms with Gasteiger partial charge in [0.25, 0.3) is 0 Å². The Morgan fingerprint density at radius 2 is 2.38 bits per heavy atom. The fourth-order valence-corrected chi connectivity index (χ4v) is 0.938. The number of hydrogen-bond acceptors (Lipinski definition) is 1. The molecule has 1 aliphatic rings. The molecule has 0 aromatic carbocycles. The SMILES string of the molecule is CCC1(C)CC[N+]1=O. The molecule has 0 radical (unpaired) electrons. The molecule has 0 bridgehead atoms. The minimum absolute atomic E-state index is 0. The minimum atomic E-state index is 0. The van der Waals surface area contributed by atoms with Crippen LogP contribution in [0.4, 0.5) is 0 Å². The zero-order chi connectivity index (χ0) is 6.20. The lowest BCUT2D eigenvalue weighted by molar-refractivity contribution is -0.684. The predicted molar refractivity (Wildman–Crippen MR) is 31.8 cm³/mol. The molecule has 0 saturated carbocycles. The van der Waals surface area contributed by atoms with Crippen molar-refractivity contribution in [3.63, 3.8) is 0 Å². The molecule has 1 saturated heterocycles. The van der Waals surface area contributed by atoms with Gasteiger partial charge in [0.05, 0.1) is 6.42 Å². The van der Waals surface area contributed by atoms with Gasteiger partial charge in [0.15, 0.2) is 6.54 Å². The summed E-state index contributed by atoms with van der Waals surface area (Å²) in [5, 5.41) is 0. The summed E-state index contributed by atoms with van der Waals surface area (Å²) in [7, 11) is 0. The van der Waals surface area contributed by atoms with Gasteiger partial charge in [-0.15, -0.1) is 0 Å². The van der Waals surface area contributed by atoms with E-state index in [0.717, 1.165) is 19.4 Å². The van der Waals surface area contributed by atoms with Crippen LogP contribution >= 0.6 is 0 Å². The van der Waals surface area contributed by atoms with Crippen LogP contribution in [0.3, 0.4) is 0 Å². The smallest absolute Gasteiger partial charge is 0.0586 e. The normalized spacial score (nSPS) is 37.0. The van der Waals surface area contributed by atoms with E-state index in [9.17, 15) is 4.91 Å². The van der Waals surface area contributed by atoms with Crippen LogP contribution in [0, 0.1) is 4.91 Å². The molecule has 1 fully saturated rings. The van der Waals surface area contributed by atoms with Gasteiger partial charge in [-0.05, 0) is 0 Å². The Hall–Kier alpha value is -0.400. The fraction of sp³-hybridized carbons (Fsp3) is 1.00. The third-order valence-electron chi connectivity index (χ3n) is 2.22. The highest BCUT2D eigenvalue weighted by Crippen LogP contribution is 2.27. The molecule has 0 spiro atoms. The molecule has 2 nitrogen and oxygen atoms in total. The monoisotopic (exact) mass is 114 g/mol. The second kappa shape index (κ2) is 1.54. The summed E-state index contributed by atoms with van der Waals surface area (Å²) in [5.41, 5.74) is 0. The van der Waals surface area contributed by atoms with E-state index in [-0.39, 0.29) is 5.54 Å². The van der Waals surface area contributed by atoms with Gasteiger partial charge < -0.3 is 0 Å². The maximum absolute atomic E-state index is 10.7. The summed E-state index contributed by atoms with van der Waals surface area (Å²) in [6.07, 6.45) is 2.06. The first-order valence-corrected chi connectivity index (χ1v) is 3.14. The Bertz CT molecular complexity index is 118. The molecule has 1 heterocycles. The predicted octanol–water partition coefficient (Wildman–Crippen LogP) is 1.34. The van der Waals surface area contributed by atoms with E-state index in [1.165, 1.54) is 4.76 Å². The maximum Gasteiger partial charge on any atom is 0.213 e. The van der Waals surface area contributed by atoms with Gasteiger partial charge in [-0.3, -0.25) is 0 Å². The summed E-state index contributed by atoms with van der Waals surface area (Å²) in [4.78, 5) is 10.7. The minimum Gasteiger partial charge on any atom is -0.0586 e. The molecule has 0 aliphatic carbocycles. The highest BCUT2D eigenvalue weighted by Gasteiger charge is 2.48. The Morgan fingerprint density at radius 3 is 2.38 bits per heavy atom. The van der Waals surface area contributed by atoms with Crippen LogP contribution in [0.1, 0.15) is 26.7 Å². The highest BCUT2D eigenvalue weighted by molar-refractivity contribution is 4.76. The third kappa shape index (κ3) is 0.556. The first-order valence-electron chi connectivity index (χ1n) is 3.14. The molecule has 0 amide bonds. The van der Waals surface area contributed by atoms with Crippen molar-refractivity contribution in [3.05, 3.63) is 4.91 Å². The van der Waals surface area contributed by atoms with Gasteiger partial charge in [-0.1, -0.05) is 6.92 Å². The largest absolute Gasteiger partial charge is 0.213 e. The van der Waals surface area contributed by atoms with Crippen molar-refractivity contribution < 1.29 is 4.76 Å². The Balaban J connectivity index is 2.55. The lowest BCUT2D eigenvalue weighted by Crippen LogP contribution is -2.49. The van der Waals surface area contributed by atoms with E-state index in [4.69, 9.17) is 0 Å². The van der Waals surface area contributed by atoms with Gasteiger partial charge in [-0.25, -0.2) is 0 Å². The van der Waals surface area contributed by atoms with Crippen molar-refractivity contribution in [2.24, 2.45) is 0 Å². The molecule has 8 heavy (non-hydrogen) atoms. The second-order valence-corrected chi connectivity index (χ2v) is 2.70. The van der Waals surface area contributed by atoms with Crippen LogP contribution in [0.5, 0.6) is 0 Å². The zero-order valence-corrected chi connectivity index (χ0v) is 5.48. The zero-order valence-electron chi connectivity index (χ0n) is 5.48. The number of nitroso groups, excluding NO2 is 1. The van der Waals surface area contributed by atoms with E-state index in [1.807, 2.05) is 6.92 Å². The molecule has 46 valence electrons. The van der Waals surface area contributed by atoms with Gasteiger partial charge in [0, 0.05) is 23.0 Å². The van der Waals surface area contributed by atoms with Gasteiger partial charge >= 0.3 is 0 Å². The molecule has 2 heteroatoms. The Labute approximate surface area is 49.5 Å². The summed E-state index contributed by atoms with van der Waals surface area (Å²) in [6.45, 7) is 4.82. The number of rotatable bonds is 1. The summed E-state index contributed by atoms with van der Waals surface area (Å²) in [6, 6.07) is 0. The highest BCUT2D eigenvalue weighted by atomic mass is 16.3. The van der Waals surface area contributed by atoms with Crippen LogP contribution < -0.4 is 0 Å². The van der Waals surface area contributed by atoms with Crippen molar-refractivity contribution in [2.45, 2.75) is 32.2 Å². The third-order valence-corrected chi connectivity index (χ3v) is 2.22. The van der Waals surface area contributed by atoms with Crippen LogP contribution in [0.2, 0.25) is 0 Å². The Kier molecular flexibility index (Phi) is 1.10. The number of hydrogen-bond donors (Lipinski definition) is 0. The lowest BCUT2D eigenvalue weighted by atomic mass is 9.87. The fourth-order valence-electron chi connectivity index (χ4n) is 0.938. The molecule has 1 unspecified atom stereocenters. The quantitative estimate of drug-likeness (QED) is 0.471. The maximum atomic E-state index is 10.7. The topological polar surface area (TPSA) is 20.1 Å². The molecule has 1 rings (SSSR count). The van der Waals surface area contributed by atoms with Crippen molar-refractivity contribution in [3.8, 4) is 0 Å². The number of nitrogens with zero attached hydrogens (tertiary/aromatic N) is 1. The van der Waals surface area contributed by atoms with E-state index < -0.39 is 0 Å². The van der Waals surface area contributed by atoms with E-state index in [0.29, 0.717) is 0 Å². The average Bonchev–Trinajstić information content (AvgIpc) is 1.83. The summed E-state index contributed by atoms with van der Waals surface area (Å²) in [5.74, 6) is 0. The molecular formula is C6H12NO+. The lowest BCUT2D eigenvalue weighted by Gasteiger charge is -2.25. The van der Waals surface area contributed by atoms with Crippen molar-refractivity contribution in [1.82, 2.24) is 0 Å². The summed E-state index contributed by atoms with van der Waals surface area (Å²) < 4.78 is 1.17. The molecule has 0 N–H and O–H groups in total. The molecule has 0 aromatic rings. The van der Waals surface area contributed by atoms with Crippen LogP contribution in [0.15, 0.2) is 0 Å². The van der Waals surface area contributed by atoms with Crippen LogP contribution in [-0.4, -0.2) is 16.8 Å². The van der Waals surface area contributed by atoms with E-state index in [2.05, 4.69) is 6.92 Å². The van der Waals surface area contributed by atoms with Crippen molar-refractivity contribution >= 4 is 0 Å². The first-order chi connectivity index (χ1) is 3.69. The van der Waals surface area contributed by atoms with Crippen molar-refractivity contribution in [2.75, 3.05) is 6.54 Å². The molecule has 1 aliphatic heterocycles. The second-order valence-electron chi connectivity index (χ2n) is 2.70. The summed E-state index contributed by atoms with van der Waals surface area (Å²) >= 11 is 0. The van der Waals surface area contributed by atoms with E-state index >= 15 is 0 Å². The Morgan fingerprint density at radius 1 is 1.75 bits per heavy atom. The first kappa shape index (κ1) is 5.73. The molecule has 1 atom stereocenters. The van der Waals surface area contributed by atoms with Gasteiger partial charge in [0.2, 0.25) is 5.54 Å². The van der Waals surface area contributed by atoms with Gasteiger partial charge in [-0.2, -0.15) is 0 Å². The molecular weight excluding hydrogens is 102 g/mol. The van der Waals surface area contributed by atoms with Crippen LogP contribution in [-0.2, 0) is 0 Å². The van der Waals surface area contributed by atoms with Crippen molar-refractivity contribution in [1.29, 1.82) is 0 Å².